The summed E-state index contributed by atoms with van der Waals surface area (Å²) in [6.07, 6.45) is 1.56. The molecule has 2 heterocycles. The SMILES string of the molecule is COC(=O)c1ccc(COc2ccc(/C=C3/NC(=O)N(Cc4ccc(Cl)cc4)C3=O)cc2OC)o1. The van der Waals surface area contributed by atoms with E-state index >= 15 is 0 Å². The molecular weight excluding hydrogens is 476 g/mol. The first-order valence-electron chi connectivity index (χ1n) is 10.4. The lowest BCUT2D eigenvalue weighted by molar-refractivity contribution is -0.123. The van der Waals surface area contributed by atoms with Gasteiger partial charge in [0.2, 0.25) is 5.76 Å². The van der Waals surface area contributed by atoms with Crippen LogP contribution in [0.3, 0.4) is 0 Å². The maximum absolute atomic E-state index is 12.8. The number of urea groups is 1. The molecule has 180 valence electrons. The number of nitrogens with zero attached hydrogens (tertiary/aromatic N) is 1. The highest BCUT2D eigenvalue weighted by atomic mass is 35.5. The molecule has 35 heavy (non-hydrogen) atoms. The van der Waals surface area contributed by atoms with Crippen molar-refractivity contribution in [2.45, 2.75) is 13.2 Å². The molecule has 1 saturated heterocycles. The van der Waals surface area contributed by atoms with Crippen molar-refractivity contribution >= 4 is 35.6 Å². The van der Waals surface area contributed by atoms with Crippen LogP contribution < -0.4 is 14.8 Å². The maximum Gasteiger partial charge on any atom is 0.373 e. The second-order valence-corrected chi connectivity index (χ2v) is 7.90. The molecule has 1 aliphatic heterocycles. The molecule has 0 spiro atoms. The number of amides is 3. The topological polar surface area (TPSA) is 107 Å². The Labute approximate surface area is 205 Å². The lowest BCUT2D eigenvalue weighted by atomic mass is 10.1. The summed E-state index contributed by atoms with van der Waals surface area (Å²) in [4.78, 5) is 37.8. The van der Waals surface area contributed by atoms with E-state index in [9.17, 15) is 14.4 Å². The largest absolute Gasteiger partial charge is 0.493 e. The van der Waals surface area contributed by atoms with E-state index in [0.29, 0.717) is 27.8 Å². The third-order valence-electron chi connectivity index (χ3n) is 5.13. The first-order chi connectivity index (χ1) is 16.9. The number of furan rings is 1. The Morgan fingerprint density at radius 3 is 2.54 bits per heavy atom. The van der Waals surface area contributed by atoms with Gasteiger partial charge in [0, 0.05) is 5.02 Å². The molecule has 1 N–H and O–H groups in total. The lowest BCUT2D eigenvalue weighted by Gasteiger charge is -2.12. The summed E-state index contributed by atoms with van der Waals surface area (Å²) in [7, 11) is 2.75. The molecule has 1 fully saturated rings. The van der Waals surface area contributed by atoms with E-state index in [1.54, 1.807) is 54.6 Å². The highest BCUT2D eigenvalue weighted by molar-refractivity contribution is 6.30. The van der Waals surface area contributed by atoms with Crippen LogP contribution in [-0.4, -0.2) is 37.0 Å². The van der Waals surface area contributed by atoms with Crippen molar-refractivity contribution in [3.05, 3.63) is 88.0 Å². The highest BCUT2D eigenvalue weighted by Gasteiger charge is 2.33. The number of halogens is 1. The molecule has 2 aromatic carbocycles. The molecule has 3 amide bonds. The van der Waals surface area contributed by atoms with Crippen molar-refractivity contribution in [2.24, 2.45) is 0 Å². The minimum absolute atomic E-state index is 0.0575. The van der Waals surface area contributed by atoms with Crippen molar-refractivity contribution in [1.82, 2.24) is 10.2 Å². The second kappa shape index (κ2) is 10.4. The number of carbonyl (C=O) groups excluding carboxylic acids is 3. The van der Waals surface area contributed by atoms with Gasteiger partial charge in [0.25, 0.3) is 5.91 Å². The van der Waals surface area contributed by atoms with E-state index < -0.39 is 17.9 Å². The van der Waals surface area contributed by atoms with E-state index in [-0.39, 0.29) is 24.6 Å². The van der Waals surface area contributed by atoms with Gasteiger partial charge in [-0.2, -0.15) is 0 Å². The van der Waals surface area contributed by atoms with E-state index in [1.165, 1.54) is 20.3 Å². The monoisotopic (exact) mass is 496 g/mol. The van der Waals surface area contributed by atoms with E-state index in [0.717, 1.165) is 10.5 Å². The molecular formula is C25H21ClN2O7. The Hall–Kier alpha value is -4.24. The number of ether oxygens (including phenoxy) is 3. The first-order valence-corrected chi connectivity index (χ1v) is 10.8. The predicted octanol–water partition coefficient (Wildman–Crippen LogP) is 4.40. The zero-order valence-electron chi connectivity index (χ0n) is 18.9. The van der Waals surface area contributed by atoms with Gasteiger partial charge in [0.05, 0.1) is 20.8 Å². The van der Waals surface area contributed by atoms with Gasteiger partial charge < -0.3 is 23.9 Å². The normalized spacial score (nSPS) is 14.3. The maximum atomic E-state index is 12.8. The van der Waals surface area contributed by atoms with Crippen LogP contribution >= 0.6 is 11.6 Å². The number of carbonyl (C=O) groups is 3. The van der Waals surface area contributed by atoms with Crippen LogP contribution in [0.1, 0.15) is 27.4 Å². The molecule has 3 aromatic rings. The summed E-state index contributed by atoms with van der Waals surface area (Å²) < 4.78 is 21.2. The van der Waals surface area contributed by atoms with Crippen molar-refractivity contribution < 1.29 is 33.0 Å². The van der Waals surface area contributed by atoms with Crippen molar-refractivity contribution in [3.63, 3.8) is 0 Å². The van der Waals surface area contributed by atoms with Gasteiger partial charge in [0.15, 0.2) is 11.5 Å². The second-order valence-electron chi connectivity index (χ2n) is 7.46. The van der Waals surface area contributed by atoms with Gasteiger partial charge in [-0.05, 0) is 53.6 Å². The molecule has 1 aliphatic rings. The quantitative estimate of drug-likeness (QED) is 0.280. The van der Waals surface area contributed by atoms with Crippen molar-refractivity contribution in [3.8, 4) is 11.5 Å². The number of imide groups is 1. The molecule has 1 aromatic heterocycles. The summed E-state index contributed by atoms with van der Waals surface area (Å²) in [6.45, 7) is 0.182. The molecule has 0 saturated carbocycles. The van der Waals surface area contributed by atoms with Crippen LogP contribution in [-0.2, 0) is 22.7 Å². The van der Waals surface area contributed by atoms with Crippen LogP contribution in [0.5, 0.6) is 11.5 Å². The van der Waals surface area contributed by atoms with Gasteiger partial charge >= 0.3 is 12.0 Å². The van der Waals surface area contributed by atoms with Crippen LogP contribution in [0.25, 0.3) is 6.08 Å². The summed E-state index contributed by atoms with van der Waals surface area (Å²) in [5, 5.41) is 3.17. The summed E-state index contributed by atoms with van der Waals surface area (Å²) >= 11 is 5.89. The zero-order valence-corrected chi connectivity index (χ0v) is 19.6. The van der Waals surface area contributed by atoms with Gasteiger partial charge in [-0.25, -0.2) is 9.59 Å². The average Bonchev–Trinajstić information content (AvgIpc) is 3.44. The molecule has 0 aliphatic carbocycles. The van der Waals surface area contributed by atoms with Crippen LogP contribution in [0, 0.1) is 0 Å². The van der Waals surface area contributed by atoms with E-state index in [4.69, 9.17) is 25.5 Å². The third-order valence-corrected chi connectivity index (χ3v) is 5.39. The predicted molar refractivity (Wildman–Crippen MR) is 126 cm³/mol. The summed E-state index contributed by atoms with van der Waals surface area (Å²) in [6, 6.07) is 14.6. The zero-order chi connectivity index (χ0) is 24.9. The fourth-order valence-corrected chi connectivity index (χ4v) is 3.49. The first kappa shape index (κ1) is 23.9. The number of hydrogen-bond donors (Lipinski definition) is 1. The minimum atomic E-state index is -0.577. The van der Waals surface area contributed by atoms with Crippen molar-refractivity contribution in [2.75, 3.05) is 14.2 Å². The smallest absolute Gasteiger partial charge is 0.373 e. The van der Waals surface area contributed by atoms with Gasteiger partial charge in [-0.1, -0.05) is 29.8 Å². The van der Waals surface area contributed by atoms with Crippen LogP contribution in [0.2, 0.25) is 5.02 Å². The van der Waals surface area contributed by atoms with Crippen LogP contribution in [0.15, 0.2) is 64.7 Å². The number of hydrogen-bond acceptors (Lipinski definition) is 7. The lowest BCUT2D eigenvalue weighted by Crippen LogP contribution is -2.30. The minimum Gasteiger partial charge on any atom is -0.493 e. The highest BCUT2D eigenvalue weighted by Crippen LogP contribution is 2.30. The average molecular weight is 497 g/mol. The Bertz CT molecular complexity index is 1300. The molecule has 4 rings (SSSR count). The number of methoxy groups -OCH3 is 2. The Balaban J connectivity index is 1.45. The number of rotatable bonds is 8. The molecule has 0 radical (unpaired) electrons. The Morgan fingerprint density at radius 2 is 1.83 bits per heavy atom. The summed E-state index contributed by atoms with van der Waals surface area (Å²) in [5.74, 6) is 0.327. The van der Waals surface area contributed by atoms with E-state index in [1.807, 2.05) is 0 Å². The Morgan fingerprint density at radius 1 is 1.06 bits per heavy atom. The van der Waals surface area contributed by atoms with Gasteiger partial charge in [-0.3, -0.25) is 9.69 Å². The number of esters is 1. The Kier molecular flexibility index (Phi) is 7.07. The molecule has 0 atom stereocenters. The molecule has 9 nitrogen and oxygen atoms in total. The molecule has 0 unspecified atom stereocenters. The molecule has 10 heteroatoms. The fraction of sp³-hybridized carbons (Fsp3) is 0.160. The van der Waals surface area contributed by atoms with E-state index in [2.05, 4.69) is 10.1 Å². The fourth-order valence-electron chi connectivity index (χ4n) is 3.36. The number of benzene rings is 2. The number of nitrogens with one attached hydrogen (secondary N) is 1. The third kappa shape index (κ3) is 5.47. The van der Waals surface area contributed by atoms with Gasteiger partial charge in [-0.15, -0.1) is 0 Å². The summed E-state index contributed by atoms with van der Waals surface area (Å²) in [5.41, 5.74) is 1.54. The van der Waals surface area contributed by atoms with Crippen molar-refractivity contribution in [1.29, 1.82) is 0 Å². The molecule has 0 bridgehead atoms. The van der Waals surface area contributed by atoms with Crippen LogP contribution in [0.4, 0.5) is 4.79 Å². The van der Waals surface area contributed by atoms with Gasteiger partial charge in [0.1, 0.15) is 18.1 Å². The standard InChI is InChI=1S/C25H21ClN2O7/c1-32-22-12-16(5-9-20(22)34-14-18-8-10-21(35-18)24(30)33-2)11-19-23(29)28(25(31)27-19)13-15-3-6-17(26)7-4-15/h3-12H,13-14H2,1-2H3,(H,27,31)/b19-11+.